The molecule has 0 saturated carbocycles. The molecule has 2 aromatic carbocycles. The third-order valence-electron chi connectivity index (χ3n) is 3.33. The zero-order valence-electron chi connectivity index (χ0n) is 12.7. The molecule has 2 rings (SSSR count). The molecular weight excluding hydrogens is 337 g/mol. The fraction of sp³-hybridized carbons (Fsp3) is 0.235. The van der Waals surface area contributed by atoms with Gasteiger partial charge in [0.2, 0.25) is 0 Å². The van der Waals surface area contributed by atoms with E-state index in [1.807, 2.05) is 18.2 Å². The SMILES string of the molecule is O=C(NCC(O)C(O)c1cccc(F)c1Cl)OCc1ccccc1. The van der Waals surface area contributed by atoms with Crippen LogP contribution in [0.4, 0.5) is 9.18 Å². The third kappa shape index (κ3) is 4.92. The van der Waals surface area contributed by atoms with Crippen molar-refractivity contribution >= 4 is 17.7 Å². The summed E-state index contributed by atoms with van der Waals surface area (Å²) in [4.78, 5) is 11.6. The van der Waals surface area contributed by atoms with Crippen LogP contribution in [0, 0.1) is 5.82 Å². The normalized spacial score (nSPS) is 13.2. The molecule has 0 radical (unpaired) electrons. The molecule has 2 unspecified atom stereocenters. The van der Waals surface area contributed by atoms with Crippen LogP contribution in [0.15, 0.2) is 48.5 Å². The van der Waals surface area contributed by atoms with E-state index in [0.29, 0.717) is 0 Å². The fourth-order valence-electron chi connectivity index (χ4n) is 2.03. The Hall–Kier alpha value is -2.15. The lowest BCUT2D eigenvalue weighted by Gasteiger charge is -2.19. The summed E-state index contributed by atoms with van der Waals surface area (Å²) in [6, 6.07) is 13.0. The van der Waals surface area contributed by atoms with Crippen LogP contribution in [0.25, 0.3) is 0 Å². The number of halogens is 2. The number of nitrogens with one attached hydrogen (secondary N) is 1. The van der Waals surface area contributed by atoms with E-state index in [2.05, 4.69) is 5.32 Å². The van der Waals surface area contributed by atoms with E-state index in [1.54, 1.807) is 12.1 Å². The van der Waals surface area contributed by atoms with Gasteiger partial charge in [-0.15, -0.1) is 0 Å². The summed E-state index contributed by atoms with van der Waals surface area (Å²) in [5, 5.41) is 22.0. The monoisotopic (exact) mass is 353 g/mol. The third-order valence-corrected chi connectivity index (χ3v) is 3.73. The van der Waals surface area contributed by atoms with E-state index in [4.69, 9.17) is 16.3 Å². The Morgan fingerprint density at radius 1 is 1.17 bits per heavy atom. The second-order valence-corrected chi connectivity index (χ2v) is 5.48. The van der Waals surface area contributed by atoms with Gasteiger partial charge in [0.05, 0.1) is 5.02 Å². The summed E-state index contributed by atoms with van der Waals surface area (Å²) in [5.74, 6) is -0.698. The van der Waals surface area contributed by atoms with Crippen molar-refractivity contribution in [3.05, 3.63) is 70.5 Å². The van der Waals surface area contributed by atoms with Gasteiger partial charge in [-0.2, -0.15) is 0 Å². The highest BCUT2D eigenvalue weighted by Gasteiger charge is 2.22. The maximum Gasteiger partial charge on any atom is 0.407 e. The van der Waals surface area contributed by atoms with Gasteiger partial charge in [0.25, 0.3) is 0 Å². The molecule has 2 aromatic rings. The summed E-state index contributed by atoms with van der Waals surface area (Å²) in [7, 11) is 0. The Morgan fingerprint density at radius 2 is 1.88 bits per heavy atom. The first-order valence-corrected chi connectivity index (χ1v) is 7.61. The average molecular weight is 354 g/mol. The number of carbonyl (C=O) groups is 1. The highest BCUT2D eigenvalue weighted by atomic mass is 35.5. The van der Waals surface area contributed by atoms with Crippen molar-refractivity contribution in [3.63, 3.8) is 0 Å². The number of aliphatic hydroxyl groups excluding tert-OH is 2. The second-order valence-electron chi connectivity index (χ2n) is 5.10. The number of carbonyl (C=O) groups excluding carboxylic acids is 1. The highest BCUT2D eigenvalue weighted by Crippen LogP contribution is 2.27. The molecule has 24 heavy (non-hydrogen) atoms. The van der Waals surface area contributed by atoms with Gasteiger partial charge in [-0.3, -0.25) is 0 Å². The number of hydrogen-bond acceptors (Lipinski definition) is 4. The van der Waals surface area contributed by atoms with E-state index in [9.17, 15) is 19.4 Å². The number of benzene rings is 2. The van der Waals surface area contributed by atoms with Crippen LogP contribution in [-0.4, -0.2) is 29.0 Å². The maximum absolute atomic E-state index is 13.4. The van der Waals surface area contributed by atoms with Crippen molar-refractivity contribution in [2.45, 2.75) is 18.8 Å². The van der Waals surface area contributed by atoms with E-state index in [-0.39, 0.29) is 23.7 Å². The lowest BCUT2D eigenvalue weighted by molar-refractivity contribution is 0.0183. The molecule has 7 heteroatoms. The summed E-state index contributed by atoms with van der Waals surface area (Å²) >= 11 is 5.75. The molecule has 0 aromatic heterocycles. The van der Waals surface area contributed by atoms with Crippen molar-refractivity contribution in [2.24, 2.45) is 0 Å². The molecule has 3 N–H and O–H groups in total. The number of amides is 1. The first-order chi connectivity index (χ1) is 11.5. The predicted molar refractivity (Wildman–Crippen MR) is 87.0 cm³/mol. The number of rotatable bonds is 6. The maximum atomic E-state index is 13.4. The first kappa shape index (κ1) is 18.2. The van der Waals surface area contributed by atoms with E-state index in [0.717, 1.165) is 11.6 Å². The minimum absolute atomic E-state index is 0.0450. The number of hydrogen-bond donors (Lipinski definition) is 3. The van der Waals surface area contributed by atoms with Crippen molar-refractivity contribution in [2.75, 3.05) is 6.54 Å². The lowest BCUT2D eigenvalue weighted by Crippen LogP contribution is -2.35. The Morgan fingerprint density at radius 3 is 2.58 bits per heavy atom. The zero-order chi connectivity index (χ0) is 17.5. The van der Waals surface area contributed by atoms with Crippen LogP contribution in [0.3, 0.4) is 0 Å². The minimum atomic E-state index is -1.44. The molecule has 0 aliphatic rings. The largest absolute Gasteiger partial charge is 0.445 e. The number of ether oxygens (including phenoxy) is 1. The van der Waals surface area contributed by atoms with E-state index in [1.165, 1.54) is 12.1 Å². The van der Waals surface area contributed by atoms with Gasteiger partial charge < -0.3 is 20.3 Å². The number of alkyl carbamates (subject to hydrolysis) is 1. The van der Waals surface area contributed by atoms with Crippen LogP contribution < -0.4 is 5.32 Å². The second kappa shape index (κ2) is 8.63. The minimum Gasteiger partial charge on any atom is -0.445 e. The van der Waals surface area contributed by atoms with Gasteiger partial charge in [-0.25, -0.2) is 9.18 Å². The summed E-state index contributed by atoms with van der Waals surface area (Å²) < 4.78 is 18.3. The van der Waals surface area contributed by atoms with Crippen molar-refractivity contribution < 1.29 is 24.1 Å². The Labute approximate surface area is 143 Å². The fourth-order valence-corrected chi connectivity index (χ4v) is 2.27. The molecule has 0 spiro atoms. The highest BCUT2D eigenvalue weighted by molar-refractivity contribution is 6.31. The summed E-state index contributed by atoms with van der Waals surface area (Å²) in [6.07, 6.45) is -3.55. The Bertz CT molecular complexity index is 684. The lowest BCUT2D eigenvalue weighted by atomic mass is 10.0. The van der Waals surface area contributed by atoms with E-state index >= 15 is 0 Å². The summed E-state index contributed by atoms with van der Waals surface area (Å²) in [5.41, 5.74) is 0.864. The summed E-state index contributed by atoms with van der Waals surface area (Å²) in [6.45, 7) is -0.192. The van der Waals surface area contributed by atoms with E-state index < -0.39 is 24.1 Å². The van der Waals surface area contributed by atoms with Crippen LogP contribution in [0.1, 0.15) is 17.2 Å². The van der Waals surface area contributed by atoms with Gasteiger partial charge in [0.1, 0.15) is 24.6 Å². The number of aliphatic hydroxyl groups is 2. The molecule has 2 atom stereocenters. The van der Waals surface area contributed by atoms with Crippen LogP contribution >= 0.6 is 11.6 Å². The van der Waals surface area contributed by atoms with Crippen molar-refractivity contribution in [3.8, 4) is 0 Å². The Kier molecular flexibility index (Phi) is 6.54. The average Bonchev–Trinajstić information content (AvgIpc) is 2.60. The molecule has 0 bridgehead atoms. The molecular formula is C17H17ClFNO4. The van der Waals surface area contributed by atoms with Gasteiger partial charge in [-0.05, 0) is 11.6 Å². The quantitative estimate of drug-likeness (QED) is 0.746. The van der Waals surface area contributed by atoms with Crippen LogP contribution in [0.5, 0.6) is 0 Å². The van der Waals surface area contributed by atoms with Crippen LogP contribution in [0.2, 0.25) is 5.02 Å². The van der Waals surface area contributed by atoms with Crippen molar-refractivity contribution in [1.29, 1.82) is 0 Å². The van der Waals surface area contributed by atoms with Gasteiger partial charge in [0.15, 0.2) is 0 Å². The smallest absolute Gasteiger partial charge is 0.407 e. The molecule has 0 aliphatic heterocycles. The first-order valence-electron chi connectivity index (χ1n) is 7.23. The molecule has 128 valence electrons. The molecule has 0 heterocycles. The predicted octanol–water partition coefficient (Wildman–Crippen LogP) is 2.80. The molecule has 0 saturated heterocycles. The molecule has 0 aliphatic carbocycles. The molecule has 0 fully saturated rings. The van der Waals surface area contributed by atoms with Gasteiger partial charge in [0, 0.05) is 12.1 Å². The molecule has 1 amide bonds. The standard InChI is InChI=1S/C17H17ClFNO4/c18-15-12(7-4-8-13(15)19)16(22)14(21)9-20-17(23)24-10-11-5-2-1-3-6-11/h1-8,14,16,21-22H,9-10H2,(H,20,23). The Balaban J connectivity index is 1.82. The topological polar surface area (TPSA) is 78.8 Å². The molecule has 5 nitrogen and oxygen atoms in total. The van der Waals surface area contributed by atoms with Gasteiger partial charge >= 0.3 is 6.09 Å². The van der Waals surface area contributed by atoms with Crippen molar-refractivity contribution in [1.82, 2.24) is 5.32 Å². The van der Waals surface area contributed by atoms with Gasteiger partial charge in [-0.1, -0.05) is 54.1 Å². The van der Waals surface area contributed by atoms with Crippen LogP contribution in [-0.2, 0) is 11.3 Å². The zero-order valence-corrected chi connectivity index (χ0v) is 13.4.